The zero-order valence-corrected chi connectivity index (χ0v) is 16.2. The fourth-order valence-electron chi connectivity index (χ4n) is 1.87. The highest BCUT2D eigenvalue weighted by Gasteiger charge is 2.25. The molecule has 0 spiro atoms. The van der Waals surface area contributed by atoms with Gasteiger partial charge in [0.2, 0.25) is 0 Å². The van der Waals surface area contributed by atoms with Crippen LogP contribution in [-0.4, -0.2) is 11.9 Å². The molecule has 0 aromatic heterocycles. The molecule has 0 atom stereocenters. The van der Waals surface area contributed by atoms with Crippen LogP contribution >= 0.6 is 31.9 Å². The predicted octanol–water partition coefficient (Wildman–Crippen LogP) is 4.63. The Bertz CT molecular complexity index is 669. The Morgan fingerprint density at radius 2 is 1.21 bits per heavy atom. The summed E-state index contributed by atoms with van der Waals surface area (Å²) in [5.74, 6) is -2.19. The van der Waals surface area contributed by atoms with Gasteiger partial charge < -0.3 is 9.47 Å². The summed E-state index contributed by atoms with van der Waals surface area (Å²) in [6, 6.07) is 14.8. The maximum absolute atomic E-state index is 12.0. The van der Waals surface area contributed by atoms with Crippen LogP contribution in [0.5, 0.6) is 0 Å². The molecular weight excluding hydrogens is 440 g/mol. The Labute approximate surface area is 157 Å². The lowest BCUT2D eigenvalue weighted by atomic mass is 10.2. The van der Waals surface area contributed by atoms with Gasteiger partial charge >= 0.3 is 11.9 Å². The smallest absolute Gasteiger partial charge is 0.320 e. The van der Waals surface area contributed by atoms with Gasteiger partial charge in [0.15, 0.2) is 5.92 Å². The van der Waals surface area contributed by atoms with E-state index in [0.29, 0.717) is 0 Å². The lowest BCUT2D eigenvalue weighted by Crippen LogP contribution is -2.25. The van der Waals surface area contributed by atoms with Crippen LogP contribution in [0.1, 0.15) is 18.1 Å². The van der Waals surface area contributed by atoms with Crippen molar-refractivity contribution < 1.29 is 19.1 Å². The quantitative estimate of drug-likeness (QED) is 0.470. The first-order chi connectivity index (χ1) is 11.5. The second-order valence-corrected chi connectivity index (χ2v) is 6.83. The van der Waals surface area contributed by atoms with Crippen molar-refractivity contribution >= 4 is 43.8 Å². The fourth-order valence-corrected chi connectivity index (χ4v) is 2.67. The van der Waals surface area contributed by atoms with E-state index in [1.54, 1.807) is 0 Å². The van der Waals surface area contributed by atoms with Crippen molar-refractivity contribution in [2.75, 3.05) is 0 Å². The van der Waals surface area contributed by atoms with Crippen molar-refractivity contribution in [2.24, 2.45) is 5.92 Å². The minimum Gasteiger partial charge on any atom is -0.460 e. The van der Waals surface area contributed by atoms with E-state index >= 15 is 0 Å². The van der Waals surface area contributed by atoms with E-state index in [-0.39, 0.29) is 13.2 Å². The normalized spacial score (nSPS) is 10.5. The molecule has 0 bridgehead atoms. The second-order valence-electron chi connectivity index (χ2n) is 5.12. The summed E-state index contributed by atoms with van der Waals surface area (Å²) in [4.78, 5) is 24.0. The molecule has 0 saturated carbocycles. The van der Waals surface area contributed by atoms with Crippen molar-refractivity contribution in [3.05, 3.63) is 68.6 Å². The van der Waals surface area contributed by atoms with Crippen LogP contribution < -0.4 is 0 Å². The minimum atomic E-state index is -0.977. The van der Waals surface area contributed by atoms with E-state index in [0.717, 1.165) is 20.1 Å². The van der Waals surface area contributed by atoms with Crippen molar-refractivity contribution in [3.63, 3.8) is 0 Å². The summed E-state index contributed by atoms with van der Waals surface area (Å²) in [6.45, 7) is 1.68. The minimum absolute atomic E-state index is 0.0993. The number of carbonyl (C=O) groups is 2. The molecule has 0 amide bonds. The first-order valence-corrected chi connectivity index (χ1v) is 8.87. The molecule has 0 aliphatic carbocycles. The molecule has 126 valence electrons. The molecule has 0 N–H and O–H groups in total. The molecular formula is C18H16Br2O4. The summed E-state index contributed by atoms with van der Waals surface area (Å²) in [5, 5.41) is 0. The number of hydrogen-bond acceptors (Lipinski definition) is 4. The molecule has 0 fully saturated rings. The molecule has 4 nitrogen and oxygen atoms in total. The van der Waals surface area contributed by atoms with Gasteiger partial charge in [0, 0.05) is 20.1 Å². The Kier molecular flexibility index (Phi) is 6.99. The molecule has 0 radical (unpaired) electrons. The number of esters is 2. The molecule has 2 aromatic rings. The predicted molar refractivity (Wildman–Crippen MR) is 97.0 cm³/mol. The largest absolute Gasteiger partial charge is 0.460 e. The number of hydrogen-bond donors (Lipinski definition) is 0. The molecule has 0 saturated heterocycles. The first-order valence-electron chi connectivity index (χ1n) is 7.29. The number of carbonyl (C=O) groups excluding carboxylic acids is 2. The molecule has 6 heteroatoms. The third kappa shape index (κ3) is 5.18. The SMILES string of the molecule is CC(C(=O)OCc1ccccc1Br)C(=O)OCc1ccccc1Br. The van der Waals surface area contributed by atoms with Crippen LogP contribution in [0.4, 0.5) is 0 Å². The van der Waals surface area contributed by atoms with Crippen LogP contribution in [0.15, 0.2) is 57.5 Å². The Balaban J connectivity index is 1.85. The zero-order valence-electron chi connectivity index (χ0n) is 13.0. The van der Waals surface area contributed by atoms with Crippen LogP contribution in [0.2, 0.25) is 0 Å². The van der Waals surface area contributed by atoms with Gasteiger partial charge in [-0.2, -0.15) is 0 Å². The van der Waals surface area contributed by atoms with E-state index < -0.39 is 17.9 Å². The summed E-state index contributed by atoms with van der Waals surface area (Å²) in [7, 11) is 0. The lowest BCUT2D eigenvalue weighted by Gasteiger charge is -2.12. The molecule has 2 aromatic carbocycles. The van der Waals surface area contributed by atoms with Crippen LogP contribution in [0.25, 0.3) is 0 Å². The first kappa shape index (κ1) is 18.7. The lowest BCUT2D eigenvalue weighted by molar-refractivity contribution is -0.162. The van der Waals surface area contributed by atoms with Gasteiger partial charge in [-0.3, -0.25) is 9.59 Å². The van der Waals surface area contributed by atoms with Gasteiger partial charge in [0.1, 0.15) is 13.2 Å². The van der Waals surface area contributed by atoms with E-state index in [9.17, 15) is 9.59 Å². The van der Waals surface area contributed by atoms with Gasteiger partial charge in [-0.05, 0) is 19.1 Å². The van der Waals surface area contributed by atoms with E-state index in [2.05, 4.69) is 31.9 Å². The maximum atomic E-state index is 12.0. The summed E-state index contributed by atoms with van der Waals surface area (Å²) < 4.78 is 12.1. The topological polar surface area (TPSA) is 52.6 Å². The van der Waals surface area contributed by atoms with Crippen molar-refractivity contribution in [3.8, 4) is 0 Å². The molecule has 24 heavy (non-hydrogen) atoms. The van der Waals surface area contributed by atoms with Crippen molar-refractivity contribution in [1.29, 1.82) is 0 Å². The molecule has 0 unspecified atom stereocenters. The molecule has 0 heterocycles. The summed E-state index contributed by atoms with van der Waals surface area (Å²) in [5.41, 5.74) is 1.67. The van der Waals surface area contributed by atoms with Gasteiger partial charge in [-0.1, -0.05) is 68.3 Å². The average molecular weight is 456 g/mol. The Morgan fingerprint density at radius 1 is 0.833 bits per heavy atom. The Morgan fingerprint density at radius 3 is 1.58 bits per heavy atom. The zero-order chi connectivity index (χ0) is 17.5. The second kappa shape index (κ2) is 8.99. The van der Waals surface area contributed by atoms with E-state index in [1.807, 2.05) is 48.5 Å². The highest BCUT2D eigenvalue weighted by Crippen LogP contribution is 2.19. The number of ether oxygens (including phenoxy) is 2. The fraction of sp³-hybridized carbons (Fsp3) is 0.222. The summed E-state index contributed by atoms with van der Waals surface area (Å²) in [6.07, 6.45) is 0. The number of halogens is 2. The van der Waals surface area contributed by atoms with Crippen LogP contribution in [0.3, 0.4) is 0 Å². The molecule has 2 rings (SSSR count). The van der Waals surface area contributed by atoms with E-state index in [1.165, 1.54) is 6.92 Å². The van der Waals surface area contributed by atoms with Crippen LogP contribution in [-0.2, 0) is 32.3 Å². The van der Waals surface area contributed by atoms with Crippen molar-refractivity contribution in [1.82, 2.24) is 0 Å². The van der Waals surface area contributed by atoms with Gasteiger partial charge in [0.25, 0.3) is 0 Å². The average Bonchev–Trinajstić information content (AvgIpc) is 2.59. The molecule has 0 aliphatic heterocycles. The van der Waals surface area contributed by atoms with Gasteiger partial charge in [-0.15, -0.1) is 0 Å². The van der Waals surface area contributed by atoms with Crippen molar-refractivity contribution in [2.45, 2.75) is 20.1 Å². The Hall–Kier alpha value is -1.66. The number of rotatable bonds is 6. The molecule has 0 aliphatic rings. The highest BCUT2D eigenvalue weighted by molar-refractivity contribution is 9.10. The highest BCUT2D eigenvalue weighted by atomic mass is 79.9. The number of benzene rings is 2. The van der Waals surface area contributed by atoms with E-state index in [4.69, 9.17) is 9.47 Å². The monoisotopic (exact) mass is 454 g/mol. The third-order valence-electron chi connectivity index (χ3n) is 3.36. The summed E-state index contributed by atoms with van der Waals surface area (Å²) >= 11 is 6.76. The maximum Gasteiger partial charge on any atom is 0.320 e. The standard InChI is InChI=1S/C18H16Br2O4/c1-12(17(21)23-10-13-6-2-4-8-15(13)19)18(22)24-11-14-7-3-5-9-16(14)20/h2-9,12H,10-11H2,1H3. The van der Waals surface area contributed by atoms with Crippen LogP contribution in [0, 0.1) is 5.92 Å². The van der Waals surface area contributed by atoms with Gasteiger partial charge in [0.05, 0.1) is 0 Å². The van der Waals surface area contributed by atoms with Gasteiger partial charge in [-0.25, -0.2) is 0 Å². The third-order valence-corrected chi connectivity index (χ3v) is 4.91.